The Kier molecular flexibility index (Phi) is 10.6. The SMILES string of the molecule is COCCN(CCC#N)CCCCCC(=O)O. The molecule has 0 amide bonds. The van der Waals surface area contributed by atoms with E-state index in [1.807, 2.05) is 0 Å². The minimum Gasteiger partial charge on any atom is -0.481 e. The highest BCUT2D eigenvalue weighted by molar-refractivity contribution is 5.66. The van der Waals surface area contributed by atoms with Gasteiger partial charge in [0.25, 0.3) is 0 Å². The van der Waals surface area contributed by atoms with Crippen LogP contribution in [0, 0.1) is 11.3 Å². The van der Waals surface area contributed by atoms with Crippen LogP contribution in [0.25, 0.3) is 0 Å². The molecule has 0 saturated heterocycles. The van der Waals surface area contributed by atoms with Gasteiger partial charge in [-0.1, -0.05) is 6.42 Å². The van der Waals surface area contributed by atoms with E-state index in [1.165, 1.54) is 0 Å². The molecule has 0 radical (unpaired) electrons. The number of hydrogen-bond donors (Lipinski definition) is 1. The third-order valence-electron chi connectivity index (χ3n) is 2.52. The van der Waals surface area contributed by atoms with Crippen molar-refractivity contribution in [3.63, 3.8) is 0 Å². The molecule has 0 atom stereocenters. The highest BCUT2D eigenvalue weighted by Gasteiger charge is 2.04. The van der Waals surface area contributed by atoms with E-state index in [0.29, 0.717) is 13.0 Å². The number of carbonyl (C=O) groups is 1. The minimum absolute atomic E-state index is 0.246. The lowest BCUT2D eigenvalue weighted by Crippen LogP contribution is -2.29. The molecular weight excluding hydrogens is 220 g/mol. The highest BCUT2D eigenvalue weighted by Crippen LogP contribution is 2.02. The second kappa shape index (κ2) is 11.4. The molecule has 0 aromatic carbocycles. The number of aliphatic carboxylic acids is 1. The molecule has 0 spiro atoms. The average Bonchev–Trinajstić information content (AvgIpc) is 2.30. The van der Waals surface area contributed by atoms with Crippen LogP contribution in [0.15, 0.2) is 0 Å². The smallest absolute Gasteiger partial charge is 0.303 e. The second-order valence-corrected chi connectivity index (χ2v) is 3.95. The van der Waals surface area contributed by atoms with E-state index < -0.39 is 5.97 Å². The van der Waals surface area contributed by atoms with Crippen molar-refractivity contribution >= 4 is 5.97 Å². The zero-order valence-electron chi connectivity index (χ0n) is 10.5. The molecule has 0 aliphatic carbocycles. The topological polar surface area (TPSA) is 73.6 Å². The van der Waals surface area contributed by atoms with Crippen molar-refractivity contribution in [2.24, 2.45) is 0 Å². The Bertz CT molecular complexity index is 238. The molecule has 0 saturated carbocycles. The normalized spacial score (nSPS) is 10.4. The van der Waals surface area contributed by atoms with Gasteiger partial charge in [-0.2, -0.15) is 5.26 Å². The lowest BCUT2D eigenvalue weighted by Gasteiger charge is -2.20. The van der Waals surface area contributed by atoms with Crippen molar-refractivity contribution < 1.29 is 14.6 Å². The van der Waals surface area contributed by atoms with Crippen LogP contribution in [-0.2, 0) is 9.53 Å². The van der Waals surface area contributed by atoms with Gasteiger partial charge in [0.15, 0.2) is 0 Å². The number of hydrogen-bond acceptors (Lipinski definition) is 4. The van der Waals surface area contributed by atoms with Crippen molar-refractivity contribution in [3.05, 3.63) is 0 Å². The summed E-state index contributed by atoms with van der Waals surface area (Å²) in [6.07, 6.45) is 3.39. The zero-order valence-corrected chi connectivity index (χ0v) is 10.5. The molecule has 0 unspecified atom stereocenters. The summed E-state index contributed by atoms with van der Waals surface area (Å²) in [5.74, 6) is -0.731. The molecule has 0 heterocycles. The molecule has 98 valence electrons. The van der Waals surface area contributed by atoms with Crippen LogP contribution in [0.2, 0.25) is 0 Å². The van der Waals surface area contributed by atoms with Crippen LogP contribution >= 0.6 is 0 Å². The zero-order chi connectivity index (χ0) is 12.9. The largest absolute Gasteiger partial charge is 0.481 e. The predicted octanol–water partition coefficient (Wildman–Crippen LogP) is 1.49. The summed E-state index contributed by atoms with van der Waals surface area (Å²) >= 11 is 0. The average molecular weight is 242 g/mol. The van der Waals surface area contributed by atoms with Crippen LogP contribution in [0.5, 0.6) is 0 Å². The molecule has 0 aromatic rings. The van der Waals surface area contributed by atoms with Crippen LogP contribution in [0.4, 0.5) is 0 Å². The fourth-order valence-electron chi connectivity index (χ4n) is 1.55. The van der Waals surface area contributed by atoms with E-state index in [9.17, 15) is 4.79 Å². The first-order chi connectivity index (χ1) is 8.20. The Morgan fingerprint density at radius 2 is 2.06 bits per heavy atom. The van der Waals surface area contributed by atoms with Crippen molar-refractivity contribution in [2.45, 2.75) is 32.1 Å². The van der Waals surface area contributed by atoms with Crippen molar-refractivity contribution in [2.75, 3.05) is 33.4 Å². The van der Waals surface area contributed by atoms with Gasteiger partial charge in [0.2, 0.25) is 0 Å². The molecule has 0 aromatic heterocycles. The van der Waals surface area contributed by atoms with Crippen molar-refractivity contribution in [3.8, 4) is 6.07 Å². The molecule has 5 nitrogen and oxygen atoms in total. The van der Waals surface area contributed by atoms with E-state index in [4.69, 9.17) is 15.1 Å². The molecular formula is C12H22N2O3. The summed E-state index contributed by atoms with van der Waals surface area (Å²) in [6.45, 7) is 3.17. The Balaban J connectivity index is 3.60. The van der Waals surface area contributed by atoms with Crippen LogP contribution < -0.4 is 0 Å². The summed E-state index contributed by atoms with van der Waals surface area (Å²) < 4.78 is 5.01. The maximum atomic E-state index is 10.3. The standard InChI is InChI=1S/C12H22N2O3/c1-17-11-10-14(9-5-7-13)8-4-2-3-6-12(15)16/h2-6,8-11H2,1H3,(H,15,16). The molecule has 1 N–H and O–H groups in total. The number of unbranched alkanes of at least 4 members (excludes halogenated alkanes) is 2. The number of carboxylic acids is 1. The Morgan fingerprint density at radius 3 is 2.65 bits per heavy atom. The first-order valence-electron chi connectivity index (χ1n) is 6.00. The predicted molar refractivity (Wildman–Crippen MR) is 64.6 cm³/mol. The Labute approximate surface area is 103 Å². The summed E-state index contributed by atoms with van der Waals surface area (Å²) in [4.78, 5) is 12.5. The summed E-state index contributed by atoms with van der Waals surface area (Å²) in [6, 6.07) is 2.13. The lowest BCUT2D eigenvalue weighted by molar-refractivity contribution is -0.137. The maximum absolute atomic E-state index is 10.3. The number of nitriles is 1. The molecule has 0 aliphatic rings. The third kappa shape index (κ3) is 11.1. The lowest BCUT2D eigenvalue weighted by atomic mass is 10.2. The van der Waals surface area contributed by atoms with Crippen LogP contribution in [-0.4, -0.2) is 49.3 Å². The third-order valence-corrected chi connectivity index (χ3v) is 2.52. The quantitative estimate of drug-likeness (QED) is 0.556. The van der Waals surface area contributed by atoms with Gasteiger partial charge in [-0.15, -0.1) is 0 Å². The summed E-state index contributed by atoms with van der Waals surface area (Å²) in [7, 11) is 1.66. The van der Waals surface area contributed by atoms with Gasteiger partial charge in [-0.05, 0) is 19.4 Å². The Morgan fingerprint density at radius 1 is 1.29 bits per heavy atom. The van der Waals surface area contributed by atoms with Gasteiger partial charge >= 0.3 is 5.97 Å². The summed E-state index contributed by atoms with van der Waals surface area (Å²) in [5.41, 5.74) is 0. The van der Waals surface area contributed by atoms with Gasteiger partial charge in [-0.25, -0.2) is 0 Å². The molecule has 0 bridgehead atoms. The maximum Gasteiger partial charge on any atom is 0.303 e. The molecule has 17 heavy (non-hydrogen) atoms. The van der Waals surface area contributed by atoms with Crippen LogP contribution in [0.3, 0.4) is 0 Å². The summed E-state index contributed by atoms with van der Waals surface area (Å²) in [5, 5.41) is 17.0. The number of methoxy groups -OCH3 is 1. The molecule has 5 heteroatoms. The fourth-order valence-corrected chi connectivity index (χ4v) is 1.55. The van der Waals surface area contributed by atoms with E-state index in [2.05, 4.69) is 11.0 Å². The van der Waals surface area contributed by atoms with E-state index >= 15 is 0 Å². The van der Waals surface area contributed by atoms with Crippen molar-refractivity contribution in [1.29, 1.82) is 5.26 Å². The first kappa shape index (κ1) is 15.9. The minimum atomic E-state index is -0.731. The van der Waals surface area contributed by atoms with Crippen molar-refractivity contribution in [1.82, 2.24) is 4.90 Å². The number of rotatable bonds is 11. The highest BCUT2D eigenvalue weighted by atomic mass is 16.5. The second-order valence-electron chi connectivity index (χ2n) is 3.95. The first-order valence-corrected chi connectivity index (χ1v) is 6.00. The van der Waals surface area contributed by atoms with Gasteiger partial charge in [-0.3, -0.25) is 4.79 Å². The van der Waals surface area contributed by atoms with Gasteiger partial charge in [0.1, 0.15) is 0 Å². The number of nitrogens with zero attached hydrogens (tertiary/aromatic N) is 2. The van der Waals surface area contributed by atoms with Crippen LogP contribution in [0.1, 0.15) is 32.1 Å². The molecule has 0 aliphatic heterocycles. The fraction of sp³-hybridized carbons (Fsp3) is 0.833. The number of ether oxygens (including phenoxy) is 1. The van der Waals surface area contributed by atoms with Gasteiger partial charge < -0.3 is 14.7 Å². The Hall–Kier alpha value is -1.12. The van der Waals surface area contributed by atoms with Gasteiger partial charge in [0, 0.05) is 33.0 Å². The monoisotopic (exact) mass is 242 g/mol. The van der Waals surface area contributed by atoms with E-state index in [1.54, 1.807) is 7.11 Å². The number of carboxylic acid groups (broad SMARTS) is 1. The molecule has 0 rings (SSSR count). The van der Waals surface area contributed by atoms with E-state index in [0.717, 1.165) is 38.9 Å². The van der Waals surface area contributed by atoms with E-state index in [-0.39, 0.29) is 6.42 Å². The molecule has 0 fully saturated rings. The van der Waals surface area contributed by atoms with Gasteiger partial charge in [0.05, 0.1) is 12.7 Å².